The highest BCUT2D eigenvalue weighted by molar-refractivity contribution is 5.93. The number of carbonyl (C=O) groups excluding carboxylic acids is 1. The van der Waals surface area contributed by atoms with Gasteiger partial charge in [0.15, 0.2) is 0 Å². The topological polar surface area (TPSA) is 36.4 Å². The molecule has 1 saturated heterocycles. The van der Waals surface area contributed by atoms with Gasteiger partial charge in [0.1, 0.15) is 5.69 Å². The van der Waals surface area contributed by atoms with Gasteiger partial charge >= 0.3 is 0 Å². The van der Waals surface area contributed by atoms with Crippen molar-refractivity contribution in [2.75, 3.05) is 18.0 Å². The third kappa shape index (κ3) is 4.15. The first-order chi connectivity index (χ1) is 13.1. The molecule has 2 fully saturated rings. The van der Waals surface area contributed by atoms with Crippen LogP contribution >= 0.6 is 0 Å². The van der Waals surface area contributed by atoms with Gasteiger partial charge in [-0.2, -0.15) is 0 Å². The number of benzene rings is 1. The molecular formula is C23H29N3O. The molecule has 27 heavy (non-hydrogen) atoms. The Morgan fingerprint density at radius 1 is 1.15 bits per heavy atom. The monoisotopic (exact) mass is 363 g/mol. The Kier molecular flexibility index (Phi) is 5.15. The van der Waals surface area contributed by atoms with Gasteiger partial charge in [0, 0.05) is 37.6 Å². The summed E-state index contributed by atoms with van der Waals surface area (Å²) in [5.41, 5.74) is 4.23. The highest BCUT2D eigenvalue weighted by atomic mass is 16.2. The molecule has 0 bridgehead atoms. The summed E-state index contributed by atoms with van der Waals surface area (Å²) < 4.78 is 0. The summed E-state index contributed by atoms with van der Waals surface area (Å²) in [6, 6.07) is 13.0. The van der Waals surface area contributed by atoms with Crippen molar-refractivity contribution in [1.29, 1.82) is 0 Å². The number of amides is 1. The van der Waals surface area contributed by atoms with E-state index in [2.05, 4.69) is 48.0 Å². The summed E-state index contributed by atoms with van der Waals surface area (Å²) in [7, 11) is 0. The molecule has 4 heteroatoms. The van der Waals surface area contributed by atoms with Gasteiger partial charge < -0.3 is 9.80 Å². The molecule has 1 aromatic heterocycles. The number of anilines is 1. The molecule has 2 aliphatic rings. The van der Waals surface area contributed by atoms with Gasteiger partial charge in [0.2, 0.25) is 0 Å². The van der Waals surface area contributed by atoms with E-state index in [0.717, 1.165) is 31.6 Å². The zero-order valence-corrected chi connectivity index (χ0v) is 16.4. The van der Waals surface area contributed by atoms with Crippen molar-refractivity contribution in [1.82, 2.24) is 9.88 Å². The first-order valence-corrected chi connectivity index (χ1v) is 10.2. The number of hydrogen-bond acceptors (Lipinski definition) is 3. The fourth-order valence-corrected chi connectivity index (χ4v) is 3.81. The molecule has 2 heterocycles. The molecule has 0 spiro atoms. The van der Waals surface area contributed by atoms with E-state index in [0.29, 0.717) is 24.2 Å². The van der Waals surface area contributed by atoms with Crippen LogP contribution < -0.4 is 4.90 Å². The predicted octanol–water partition coefficient (Wildman–Crippen LogP) is 4.61. The Hall–Kier alpha value is -2.36. The smallest absolute Gasteiger partial charge is 0.273 e. The minimum atomic E-state index is 0.0616. The summed E-state index contributed by atoms with van der Waals surface area (Å²) in [5.74, 6) is 0.587. The lowest BCUT2D eigenvalue weighted by Gasteiger charge is -2.23. The Morgan fingerprint density at radius 3 is 2.48 bits per heavy atom. The Labute approximate surface area is 162 Å². The fourth-order valence-electron chi connectivity index (χ4n) is 3.81. The molecule has 0 radical (unpaired) electrons. The first-order valence-electron chi connectivity index (χ1n) is 10.2. The molecule has 4 rings (SSSR count). The average molecular weight is 364 g/mol. The van der Waals surface area contributed by atoms with Gasteiger partial charge in [-0.15, -0.1) is 0 Å². The third-order valence-corrected chi connectivity index (χ3v) is 5.68. The Balaban J connectivity index is 1.52. The predicted molar refractivity (Wildman–Crippen MR) is 109 cm³/mol. The van der Waals surface area contributed by atoms with Crippen LogP contribution in [0.15, 0.2) is 42.6 Å². The van der Waals surface area contributed by atoms with Crippen LogP contribution in [0.4, 0.5) is 5.69 Å². The van der Waals surface area contributed by atoms with Crippen LogP contribution in [0.5, 0.6) is 0 Å². The largest absolute Gasteiger partial charge is 0.371 e. The van der Waals surface area contributed by atoms with E-state index in [1.165, 1.54) is 24.0 Å². The Bertz CT molecular complexity index is 790. The van der Waals surface area contributed by atoms with Crippen molar-refractivity contribution < 1.29 is 4.79 Å². The van der Waals surface area contributed by atoms with Crippen LogP contribution in [0.25, 0.3) is 0 Å². The lowest BCUT2D eigenvalue weighted by atomic mass is 10.0. The van der Waals surface area contributed by atoms with Crippen molar-refractivity contribution in [2.24, 2.45) is 0 Å². The first kappa shape index (κ1) is 18.0. The highest BCUT2D eigenvalue weighted by Gasteiger charge is 2.33. The molecule has 0 atom stereocenters. The maximum absolute atomic E-state index is 13.2. The number of carbonyl (C=O) groups is 1. The van der Waals surface area contributed by atoms with Gasteiger partial charge in [-0.1, -0.05) is 38.1 Å². The summed E-state index contributed by atoms with van der Waals surface area (Å²) in [5, 5.41) is 0. The van der Waals surface area contributed by atoms with Gasteiger partial charge in [-0.05, 0) is 54.9 Å². The van der Waals surface area contributed by atoms with E-state index in [1.807, 2.05) is 17.0 Å². The standard InChI is InChI=1S/C23H29N3O/c1-17(2)19-7-5-18(6-8-19)16-26(20-9-10-20)23(27)22-15-21(11-12-24-22)25-13-3-4-14-25/h5-8,11-12,15,17,20H,3-4,9-10,13-14,16H2,1-2H3. The molecule has 2 aromatic rings. The molecule has 4 nitrogen and oxygen atoms in total. The van der Waals surface area contributed by atoms with Crippen LogP contribution in [-0.4, -0.2) is 34.9 Å². The highest BCUT2D eigenvalue weighted by Crippen LogP contribution is 2.30. The molecule has 1 aromatic carbocycles. The summed E-state index contributed by atoms with van der Waals surface area (Å²) >= 11 is 0. The number of rotatable bonds is 6. The van der Waals surface area contributed by atoms with Crippen LogP contribution in [-0.2, 0) is 6.54 Å². The quantitative estimate of drug-likeness (QED) is 0.752. The number of nitrogens with zero attached hydrogens (tertiary/aromatic N) is 3. The maximum Gasteiger partial charge on any atom is 0.273 e. The minimum absolute atomic E-state index is 0.0616. The summed E-state index contributed by atoms with van der Waals surface area (Å²) in [4.78, 5) is 22.0. The molecule has 142 valence electrons. The zero-order valence-electron chi connectivity index (χ0n) is 16.4. The summed E-state index contributed by atoms with van der Waals surface area (Å²) in [6.07, 6.45) is 6.44. The SMILES string of the molecule is CC(C)c1ccc(CN(C(=O)c2cc(N3CCCC3)ccn2)C2CC2)cc1. The second-order valence-electron chi connectivity index (χ2n) is 8.15. The van der Waals surface area contributed by atoms with E-state index in [4.69, 9.17) is 0 Å². The van der Waals surface area contributed by atoms with Gasteiger partial charge in [-0.3, -0.25) is 9.78 Å². The summed E-state index contributed by atoms with van der Waals surface area (Å²) in [6.45, 7) is 7.22. The third-order valence-electron chi connectivity index (χ3n) is 5.68. The van der Waals surface area contributed by atoms with E-state index in [1.54, 1.807) is 6.20 Å². The number of pyridine rings is 1. The van der Waals surface area contributed by atoms with E-state index >= 15 is 0 Å². The van der Waals surface area contributed by atoms with Gasteiger partial charge in [0.05, 0.1) is 0 Å². The maximum atomic E-state index is 13.2. The fraction of sp³-hybridized carbons (Fsp3) is 0.478. The molecule has 0 unspecified atom stereocenters. The van der Waals surface area contributed by atoms with Crippen LogP contribution in [0.2, 0.25) is 0 Å². The Morgan fingerprint density at radius 2 is 1.85 bits per heavy atom. The molecule has 1 aliphatic heterocycles. The molecule has 1 saturated carbocycles. The average Bonchev–Trinajstić information content (AvgIpc) is 3.38. The van der Waals surface area contributed by atoms with E-state index in [9.17, 15) is 4.79 Å². The van der Waals surface area contributed by atoms with Gasteiger partial charge in [-0.25, -0.2) is 0 Å². The van der Waals surface area contributed by atoms with Crippen LogP contribution in [0.1, 0.15) is 67.1 Å². The zero-order chi connectivity index (χ0) is 18.8. The molecule has 1 aliphatic carbocycles. The van der Waals surface area contributed by atoms with E-state index in [-0.39, 0.29) is 5.91 Å². The number of hydrogen-bond donors (Lipinski definition) is 0. The van der Waals surface area contributed by atoms with Crippen LogP contribution in [0.3, 0.4) is 0 Å². The lowest BCUT2D eigenvalue weighted by molar-refractivity contribution is 0.0724. The van der Waals surface area contributed by atoms with Crippen molar-refractivity contribution in [2.45, 2.75) is 58.0 Å². The minimum Gasteiger partial charge on any atom is -0.371 e. The lowest BCUT2D eigenvalue weighted by Crippen LogP contribution is -2.33. The second kappa shape index (κ2) is 7.71. The van der Waals surface area contributed by atoms with Crippen molar-refractivity contribution in [3.8, 4) is 0 Å². The van der Waals surface area contributed by atoms with Crippen molar-refractivity contribution >= 4 is 11.6 Å². The molecular weight excluding hydrogens is 334 g/mol. The van der Waals surface area contributed by atoms with Crippen molar-refractivity contribution in [3.05, 3.63) is 59.4 Å². The molecule has 1 amide bonds. The normalized spacial score (nSPS) is 16.8. The van der Waals surface area contributed by atoms with Crippen LogP contribution in [0, 0.1) is 0 Å². The molecule has 0 N–H and O–H groups in total. The van der Waals surface area contributed by atoms with E-state index < -0.39 is 0 Å². The van der Waals surface area contributed by atoms with Gasteiger partial charge in [0.25, 0.3) is 5.91 Å². The second-order valence-corrected chi connectivity index (χ2v) is 8.15. The number of aromatic nitrogens is 1. The van der Waals surface area contributed by atoms with Crippen molar-refractivity contribution in [3.63, 3.8) is 0 Å².